The molecule has 0 radical (unpaired) electrons. The number of aromatic nitrogens is 1. The van der Waals surface area contributed by atoms with Gasteiger partial charge in [0.15, 0.2) is 0 Å². The first-order valence-corrected chi connectivity index (χ1v) is 19.7. The van der Waals surface area contributed by atoms with Gasteiger partial charge in [0.25, 0.3) is 0 Å². The second kappa shape index (κ2) is 12.6. The third-order valence-electron chi connectivity index (χ3n) is 10.3. The number of thiophene rings is 1. The van der Waals surface area contributed by atoms with Crippen LogP contribution in [0.2, 0.25) is 0 Å². The van der Waals surface area contributed by atoms with Crippen molar-refractivity contribution in [3.63, 3.8) is 0 Å². The molecule has 3 nitrogen and oxygen atoms in total. The van der Waals surface area contributed by atoms with Crippen molar-refractivity contribution in [2.24, 2.45) is 0 Å². The predicted octanol–water partition coefficient (Wildman–Crippen LogP) is 15.0. The summed E-state index contributed by atoms with van der Waals surface area (Å²) in [5.74, 6) is 0. The molecule has 0 unspecified atom stereocenters. The summed E-state index contributed by atoms with van der Waals surface area (Å²) in [5.41, 5.74) is 12.1. The smallest absolute Gasteiger partial charge is 0.145 e. The number of hydrogen-bond acceptors (Lipinski definition) is 5. The van der Waals surface area contributed by atoms with Crippen LogP contribution in [0.15, 0.2) is 186 Å². The lowest BCUT2D eigenvalue weighted by Crippen LogP contribution is -2.09. The molecule has 0 aliphatic heterocycles. The summed E-state index contributed by atoms with van der Waals surface area (Å²) in [6.07, 6.45) is 0. The molecule has 0 spiro atoms. The fourth-order valence-corrected chi connectivity index (χ4v) is 9.86. The van der Waals surface area contributed by atoms with Gasteiger partial charge in [-0.1, -0.05) is 121 Å². The quantitative estimate of drug-likeness (QED) is 0.171. The maximum Gasteiger partial charge on any atom is 0.145 e. The number of thiazole rings is 1. The molecule has 0 bridgehead atoms. The highest BCUT2D eigenvalue weighted by molar-refractivity contribution is 7.26. The molecule has 0 fully saturated rings. The summed E-state index contributed by atoms with van der Waals surface area (Å²) in [5, 5.41) is 5.67. The van der Waals surface area contributed by atoms with E-state index < -0.39 is 0 Å². The van der Waals surface area contributed by atoms with E-state index in [9.17, 15) is 0 Å². The minimum atomic E-state index is 0.892. The van der Waals surface area contributed by atoms with Gasteiger partial charge in [-0.15, -0.1) is 22.7 Å². The standard InChI is InChI=1S/C49H30N2OS2/c1-3-10-31(11-4-1)32-18-20-33(21-19-32)34-22-24-36(25-23-34)51(35-12-5-2-6-13-35)37-26-27-40-45(30-37)53-43-28-29-44-47(46(40)43)50-49(54-44)41-16-9-15-39-38-14-7-8-17-42(38)52-48(39)41/h1-30H. The lowest BCUT2D eigenvalue weighted by molar-refractivity contribution is 0.670. The van der Waals surface area contributed by atoms with Crippen molar-refractivity contribution >= 4 is 92.1 Å². The van der Waals surface area contributed by atoms with Gasteiger partial charge in [-0.05, 0) is 82.9 Å². The average molecular weight is 727 g/mol. The molecule has 0 aliphatic carbocycles. The van der Waals surface area contributed by atoms with Crippen LogP contribution in [0.25, 0.3) is 85.2 Å². The Balaban J connectivity index is 0.978. The fourth-order valence-electron chi connectivity index (χ4n) is 7.72. The summed E-state index contributed by atoms with van der Waals surface area (Å²) in [6.45, 7) is 0. The lowest BCUT2D eigenvalue weighted by atomic mass is 10.00. The molecule has 5 heteroatoms. The highest BCUT2D eigenvalue weighted by atomic mass is 32.1. The van der Waals surface area contributed by atoms with Gasteiger partial charge < -0.3 is 9.32 Å². The van der Waals surface area contributed by atoms with E-state index in [-0.39, 0.29) is 0 Å². The molecule has 254 valence electrons. The zero-order valence-electron chi connectivity index (χ0n) is 28.9. The van der Waals surface area contributed by atoms with Crippen molar-refractivity contribution in [3.05, 3.63) is 182 Å². The summed E-state index contributed by atoms with van der Waals surface area (Å²) >= 11 is 3.56. The minimum absolute atomic E-state index is 0.892. The highest BCUT2D eigenvalue weighted by Gasteiger charge is 2.19. The maximum absolute atomic E-state index is 6.40. The van der Waals surface area contributed by atoms with E-state index in [4.69, 9.17) is 9.40 Å². The van der Waals surface area contributed by atoms with E-state index in [1.165, 1.54) is 47.1 Å². The normalized spacial score (nSPS) is 11.7. The van der Waals surface area contributed by atoms with Crippen molar-refractivity contribution in [2.75, 3.05) is 4.90 Å². The third-order valence-corrected chi connectivity index (χ3v) is 12.5. The van der Waals surface area contributed by atoms with E-state index in [0.717, 1.165) is 55.1 Å². The SMILES string of the molecule is c1ccc(-c2ccc(-c3ccc(N(c4ccccc4)c4ccc5c(c4)sc4ccc6sc(-c7cccc8c7oc7ccccc78)nc6c45)cc3)cc2)cc1. The molecular formula is C49H30N2OS2. The Hall–Kier alpha value is -6.53. The molecule has 11 aromatic rings. The minimum Gasteiger partial charge on any atom is -0.455 e. The summed E-state index contributed by atoms with van der Waals surface area (Å²) < 4.78 is 10.0. The van der Waals surface area contributed by atoms with Gasteiger partial charge in [-0.25, -0.2) is 4.98 Å². The zero-order valence-corrected chi connectivity index (χ0v) is 30.6. The van der Waals surface area contributed by atoms with Gasteiger partial charge in [-0.3, -0.25) is 0 Å². The summed E-state index contributed by atoms with van der Waals surface area (Å²) in [6, 6.07) is 64.8. The van der Waals surface area contributed by atoms with Gasteiger partial charge in [-0.2, -0.15) is 0 Å². The lowest BCUT2D eigenvalue weighted by Gasteiger charge is -2.25. The van der Waals surface area contributed by atoms with Crippen LogP contribution in [-0.4, -0.2) is 4.98 Å². The number of hydrogen-bond donors (Lipinski definition) is 0. The Morgan fingerprint density at radius 2 is 1.04 bits per heavy atom. The van der Waals surface area contributed by atoms with E-state index >= 15 is 0 Å². The van der Waals surface area contributed by atoms with E-state index in [1.807, 2.05) is 23.5 Å². The van der Waals surface area contributed by atoms with Crippen molar-refractivity contribution in [1.82, 2.24) is 4.98 Å². The Labute approximate surface area is 319 Å². The number of nitrogens with zero attached hydrogens (tertiary/aromatic N) is 2. The summed E-state index contributed by atoms with van der Waals surface area (Å²) in [4.78, 5) is 7.66. The third kappa shape index (κ3) is 5.12. The van der Waals surface area contributed by atoms with E-state index in [1.54, 1.807) is 11.3 Å². The van der Waals surface area contributed by atoms with Gasteiger partial charge in [0, 0.05) is 48.0 Å². The first-order chi connectivity index (χ1) is 26.7. The Kier molecular flexibility index (Phi) is 7.22. The number of para-hydroxylation sites is 3. The van der Waals surface area contributed by atoms with E-state index in [0.29, 0.717) is 0 Å². The molecule has 3 heterocycles. The number of anilines is 3. The largest absolute Gasteiger partial charge is 0.455 e. The van der Waals surface area contributed by atoms with Crippen LogP contribution in [0, 0.1) is 0 Å². The van der Waals surface area contributed by atoms with Crippen LogP contribution in [0.5, 0.6) is 0 Å². The van der Waals surface area contributed by atoms with Gasteiger partial charge in [0.2, 0.25) is 0 Å². The van der Waals surface area contributed by atoms with Crippen LogP contribution < -0.4 is 4.90 Å². The first kappa shape index (κ1) is 31.0. The highest BCUT2D eigenvalue weighted by Crippen LogP contribution is 2.45. The topological polar surface area (TPSA) is 29.3 Å². The van der Waals surface area contributed by atoms with Crippen LogP contribution in [0.3, 0.4) is 0 Å². The van der Waals surface area contributed by atoms with Crippen LogP contribution in [0.1, 0.15) is 0 Å². The van der Waals surface area contributed by atoms with Crippen molar-refractivity contribution in [3.8, 4) is 32.8 Å². The summed E-state index contributed by atoms with van der Waals surface area (Å²) in [7, 11) is 0. The molecular weight excluding hydrogens is 697 g/mol. The van der Waals surface area contributed by atoms with E-state index in [2.05, 4.69) is 175 Å². The Bertz CT molecular complexity index is 3140. The monoisotopic (exact) mass is 726 g/mol. The van der Waals surface area contributed by atoms with Crippen LogP contribution in [-0.2, 0) is 0 Å². The Morgan fingerprint density at radius 1 is 0.426 bits per heavy atom. The van der Waals surface area contributed by atoms with Crippen LogP contribution >= 0.6 is 22.7 Å². The zero-order chi connectivity index (χ0) is 35.6. The number of rotatable bonds is 6. The second-order valence-electron chi connectivity index (χ2n) is 13.5. The van der Waals surface area contributed by atoms with Crippen molar-refractivity contribution in [2.45, 2.75) is 0 Å². The molecule has 3 aromatic heterocycles. The second-order valence-corrected chi connectivity index (χ2v) is 15.6. The molecule has 0 atom stereocenters. The van der Waals surface area contributed by atoms with Crippen molar-refractivity contribution < 1.29 is 4.42 Å². The number of furan rings is 1. The molecule has 0 amide bonds. The molecule has 0 saturated carbocycles. The molecule has 11 rings (SSSR count). The Morgan fingerprint density at radius 3 is 1.81 bits per heavy atom. The average Bonchev–Trinajstić information content (AvgIpc) is 3.95. The number of fused-ring (bicyclic) bond motifs is 8. The van der Waals surface area contributed by atoms with Gasteiger partial charge >= 0.3 is 0 Å². The molecule has 0 N–H and O–H groups in total. The predicted molar refractivity (Wildman–Crippen MR) is 231 cm³/mol. The molecule has 0 aliphatic rings. The fraction of sp³-hybridized carbons (Fsp3) is 0. The first-order valence-electron chi connectivity index (χ1n) is 18.0. The molecule has 8 aromatic carbocycles. The molecule has 0 saturated heterocycles. The van der Waals surface area contributed by atoms with Crippen molar-refractivity contribution in [1.29, 1.82) is 0 Å². The number of benzene rings is 8. The van der Waals surface area contributed by atoms with Gasteiger partial charge in [0.05, 0.1) is 15.8 Å². The van der Waals surface area contributed by atoms with Crippen LogP contribution in [0.4, 0.5) is 17.1 Å². The maximum atomic E-state index is 6.40. The molecule has 54 heavy (non-hydrogen) atoms. The van der Waals surface area contributed by atoms with Gasteiger partial charge in [0.1, 0.15) is 16.2 Å².